The molecule has 19 heavy (non-hydrogen) atoms. The predicted molar refractivity (Wildman–Crippen MR) is 78.1 cm³/mol. The van der Waals surface area contributed by atoms with Gasteiger partial charge < -0.3 is 10.5 Å². The van der Waals surface area contributed by atoms with Gasteiger partial charge in [0.25, 0.3) is 0 Å². The molecular formula is C16H30N2O. The standard InChI is InChI=1S/C16H30N2O/c1-18(15-6-3-2-5-13(15)12-17)14-7-10-19-16(11-14)8-4-9-16/h13-15H,2-12,17H2,1H3. The molecule has 2 saturated carbocycles. The van der Waals surface area contributed by atoms with Crippen molar-refractivity contribution in [3.8, 4) is 0 Å². The van der Waals surface area contributed by atoms with Crippen molar-refractivity contribution in [1.82, 2.24) is 4.90 Å². The van der Waals surface area contributed by atoms with Crippen molar-refractivity contribution in [1.29, 1.82) is 0 Å². The molecule has 1 heterocycles. The minimum absolute atomic E-state index is 0.268. The van der Waals surface area contributed by atoms with E-state index >= 15 is 0 Å². The van der Waals surface area contributed by atoms with Crippen LogP contribution in [0.2, 0.25) is 0 Å². The molecule has 3 unspecified atom stereocenters. The van der Waals surface area contributed by atoms with Crippen LogP contribution in [-0.4, -0.2) is 42.8 Å². The van der Waals surface area contributed by atoms with Crippen LogP contribution in [0.5, 0.6) is 0 Å². The summed E-state index contributed by atoms with van der Waals surface area (Å²) in [5, 5.41) is 0. The smallest absolute Gasteiger partial charge is 0.0697 e. The Balaban J connectivity index is 1.63. The van der Waals surface area contributed by atoms with Crippen LogP contribution in [0.15, 0.2) is 0 Å². The van der Waals surface area contributed by atoms with E-state index in [1.54, 1.807) is 0 Å². The van der Waals surface area contributed by atoms with Gasteiger partial charge in [0.2, 0.25) is 0 Å². The largest absolute Gasteiger partial charge is 0.375 e. The van der Waals surface area contributed by atoms with E-state index in [1.807, 2.05) is 0 Å². The zero-order chi connectivity index (χ0) is 13.3. The molecule has 2 aliphatic carbocycles. The highest BCUT2D eigenvalue weighted by Gasteiger charge is 2.44. The summed E-state index contributed by atoms with van der Waals surface area (Å²) in [4.78, 5) is 2.68. The van der Waals surface area contributed by atoms with Crippen molar-refractivity contribution < 1.29 is 4.74 Å². The van der Waals surface area contributed by atoms with Gasteiger partial charge in [-0.1, -0.05) is 12.8 Å². The van der Waals surface area contributed by atoms with Crippen LogP contribution < -0.4 is 5.73 Å². The molecule has 1 spiro atoms. The molecule has 2 N–H and O–H groups in total. The van der Waals surface area contributed by atoms with E-state index in [9.17, 15) is 0 Å². The van der Waals surface area contributed by atoms with Gasteiger partial charge in [-0.2, -0.15) is 0 Å². The Morgan fingerprint density at radius 1 is 1.16 bits per heavy atom. The predicted octanol–water partition coefficient (Wildman–Crippen LogP) is 2.54. The second-order valence-corrected chi connectivity index (χ2v) is 7.04. The summed E-state index contributed by atoms with van der Waals surface area (Å²) in [5.74, 6) is 0.721. The van der Waals surface area contributed by atoms with Crippen LogP contribution in [0, 0.1) is 5.92 Å². The molecule has 3 rings (SSSR count). The summed E-state index contributed by atoms with van der Waals surface area (Å²) >= 11 is 0. The highest BCUT2D eigenvalue weighted by Crippen LogP contribution is 2.44. The molecule has 0 amide bonds. The number of hydrogen-bond donors (Lipinski definition) is 1. The topological polar surface area (TPSA) is 38.5 Å². The van der Waals surface area contributed by atoms with E-state index in [2.05, 4.69) is 11.9 Å². The van der Waals surface area contributed by atoms with E-state index in [4.69, 9.17) is 10.5 Å². The van der Waals surface area contributed by atoms with Gasteiger partial charge in [0, 0.05) is 18.7 Å². The fraction of sp³-hybridized carbons (Fsp3) is 1.00. The van der Waals surface area contributed by atoms with Crippen molar-refractivity contribution in [2.45, 2.75) is 75.5 Å². The van der Waals surface area contributed by atoms with Crippen molar-refractivity contribution >= 4 is 0 Å². The van der Waals surface area contributed by atoms with E-state index in [1.165, 1.54) is 57.8 Å². The number of rotatable bonds is 3. The Kier molecular flexibility index (Phi) is 4.16. The van der Waals surface area contributed by atoms with Gasteiger partial charge in [-0.05, 0) is 64.5 Å². The zero-order valence-electron chi connectivity index (χ0n) is 12.4. The van der Waals surface area contributed by atoms with Gasteiger partial charge in [-0.3, -0.25) is 4.90 Å². The normalized spacial score (nSPS) is 38.4. The van der Waals surface area contributed by atoms with Crippen LogP contribution in [0.1, 0.15) is 57.8 Å². The van der Waals surface area contributed by atoms with Gasteiger partial charge >= 0.3 is 0 Å². The Hall–Kier alpha value is -0.120. The van der Waals surface area contributed by atoms with Gasteiger partial charge in [0.05, 0.1) is 5.60 Å². The first-order chi connectivity index (χ1) is 9.24. The number of hydrogen-bond acceptors (Lipinski definition) is 3. The summed E-state index contributed by atoms with van der Waals surface area (Å²) in [6.45, 7) is 1.83. The Labute approximate surface area is 117 Å². The molecule has 3 nitrogen and oxygen atoms in total. The molecule has 0 radical (unpaired) electrons. The summed E-state index contributed by atoms with van der Waals surface area (Å²) in [6, 6.07) is 1.45. The maximum atomic E-state index is 6.07. The molecule has 1 aliphatic heterocycles. The van der Waals surface area contributed by atoms with Crippen molar-refractivity contribution in [2.75, 3.05) is 20.2 Å². The Bertz CT molecular complexity index is 303. The average molecular weight is 266 g/mol. The highest BCUT2D eigenvalue weighted by atomic mass is 16.5. The first-order valence-corrected chi connectivity index (χ1v) is 8.30. The van der Waals surface area contributed by atoms with E-state index in [-0.39, 0.29) is 5.60 Å². The van der Waals surface area contributed by atoms with Crippen LogP contribution in [0.3, 0.4) is 0 Å². The number of nitrogens with two attached hydrogens (primary N) is 1. The molecule has 3 heteroatoms. The van der Waals surface area contributed by atoms with Gasteiger partial charge in [0.15, 0.2) is 0 Å². The average Bonchev–Trinajstić information content (AvgIpc) is 2.45. The number of ether oxygens (including phenoxy) is 1. The van der Waals surface area contributed by atoms with Crippen LogP contribution >= 0.6 is 0 Å². The molecule has 0 aromatic heterocycles. The maximum absolute atomic E-state index is 6.07. The minimum atomic E-state index is 0.268. The van der Waals surface area contributed by atoms with Gasteiger partial charge in [-0.15, -0.1) is 0 Å². The molecular weight excluding hydrogens is 236 g/mol. The first kappa shape index (κ1) is 13.8. The van der Waals surface area contributed by atoms with Gasteiger partial charge in [-0.25, -0.2) is 0 Å². The molecule has 110 valence electrons. The molecule has 0 bridgehead atoms. The zero-order valence-corrected chi connectivity index (χ0v) is 12.4. The molecule has 3 atom stereocenters. The minimum Gasteiger partial charge on any atom is -0.375 e. The monoisotopic (exact) mass is 266 g/mol. The molecule has 0 aromatic carbocycles. The third-order valence-electron chi connectivity index (χ3n) is 6.00. The summed E-state index contributed by atoms with van der Waals surface area (Å²) in [6.07, 6.45) is 11.9. The van der Waals surface area contributed by atoms with Gasteiger partial charge in [0.1, 0.15) is 0 Å². The molecule has 1 saturated heterocycles. The quantitative estimate of drug-likeness (QED) is 0.853. The van der Waals surface area contributed by atoms with Crippen LogP contribution in [0.4, 0.5) is 0 Å². The summed E-state index contributed by atoms with van der Waals surface area (Å²) < 4.78 is 6.07. The SMILES string of the molecule is CN(C1CCOC2(CCC2)C1)C1CCCCC1CN. The molecule has 3 fully saturated rings. The third kappa shape index (κ3) is 2.70. The molecule has 3 aliphatic rings. The lowest BCUT2D eigenvalue weighted by atomic mass is 9.73. The Morgan fingerprint density at radius 2 is 1.95 bits per heavy atom. The lowest BCUT2D eigenvalue weighted by Crippen LogP contribution is -2.55. The van der Waals surface area contributed by atoms with Crippen molar-refractivity contribution in [3.63, 3.8) is 0 Å². The van der Waals surface area contributed by atoms with E-state index in [0.717, 1.165) is 31.2 Å². The first-order valence-electron chi connectivity index (χ1n) is 8.30. The van der Waals surface area contributed by atoms with Crippen molar-refractivity contribution in [3.05, 3.63) is 0 Å². The highest BCUT2D eigenvalue weighted by molar-refractivity contribution is 4.98. The van der Waals surface area contributed by atoms with Crippen LogP contribution in [-0.2, 0) is 4.74 Å². The second-order valence-electron chi connectivity index (χ2n) is 7.04. The van der Waals surface area contributed by atoms with E-state index < -0.39 is 0 Å². The second kappa shape index (κ2) is 5.71. The third-order valence-corrected chi connectivity index (χ3v) is 6.00. The fourth-order valence-electron chi connectivity index (χ4n) is 4.54. The van der Waals surface area contributed by atoms with Crippen LogP contribution in [0.25, 0.3) is 0 Å². The summed E-state index contributed by atoms with van der Waals surface area (Å²) in [5.41, 5.74) is 6.27. The summed E-state index contributed by atoms with van der Waals surface area (Å²) in [7, 11) is 2.35. The maximum Gasteiger partial charge on any atom is 0.0697 e. The fourth-order valence-corrected chi connectivity index (χ4v) is 4.54. The molecule has 0 aromatic rings. The Morgan fingerprint density at radius 3 is 2.63 bits per heavy atom. The lowest BCUT2D eigenvalue weighted by Gasteiger charge is -2.51. The lowest BCUT2D eigenvalue weighted by molar-refractivity contribution is -0.151. The van der Waals surface area contributed by atoms with E-state index in [0.29, 0.717) is 0 Å². The van der Waals surface area contributed by atoms with Crippen molar-refractivity contribution in [2.24, 2.45) is 11.7 Å². The number of nitrogens with zero attached hydrogens (tertiary/aromatic N) is 1.